The molecule has 0 amide bonds. The molecular formula is C7H10O. The molecule has 0 aromatic heterocycles. The summed E-state index contributed by atoms with van der Waals surface area (Å²) < 4.78 is 0. The first-order valence-electron chi connectivity index (χ1n) is 3.22. The maximum absolute atomic E-state index is 9.17. The van der Waals surface area contributed by atoms with Gasteiger partial charge in [-0.25, -0.2) is 0 Å². The smallest absolute Gasteiger partial charge is 0.0608 e. The molecule has 1 heteroatoms. The highest BCUT2D eigenvalue weighted by Crippen LogP contribution is 2.38. The van der Waals surface area contributed by atoms with Crippen LogP contribution in [-0.4, -0.2) is 11.2 Å². The zero-order valence-corrected chi connectivity index (χ0v) is 4.75. The van der Waals surface area contributed by atoms with E-state index in [2.05, 4.69) is 12.2 Å². The Morgan fingerprint density at radius 2 is 2.12 bits per heavy atom. The Labute approximate surface area is 49.0 Å². The molecular weight excluding hydrogens is 100 g/mol. The van der Waals surface area contributed by atoms with E-state index in [4.69, 9.17) is 5.11 Å². The van der Waals surface area contributed by atoms with Crippen molar-refractivity contribution >= 4 is 0 Å². The van der Waals surface area contributed by atoms with E-state index < -0.39 is 0 Å². The van der Waals surface area contributed by atoms with Crippen molar-refractivity contribution in [2.24, 2.45) is 11.8 Å². The molecule has 1 nitrogen and oxygen atoms in total. The van der Waals surface area contributed by atoms with Gasteiger partial charge in [-0.1, -0.05) is 12.2 Å². The average Bonchev–Trinajstić information content (AvgIpc) is 2.23. The number of hydrogen-bond donors (Lipinski definition) is 1. The van der Waals surface area contributed by atoms with E-state index in [0.29, 0.717) is 5.92 Å². The number of rotatable bonds is 0. The molecule has 2 aliphatic carbocycles. The highest BCUT2D eigenvalue weighted by molar-refractivity contribution is 5.10. The molecule has 3 atom stereocenters. The summed E-state index contributed by atoms with van der Waals surface area (Å²) in [5.41, 5.74) is 0. The molecule has 0 aromatic rings. The highest BCUT2D eigenvalue weighted by atomic mass is 16.3. The fourth-order valence-electron chi connectivity index (χ4n) is 1.75. The van der Waals surface area contributed by atoms with E-state index in [1.807, 2.05) is 0 Å². The second-order valence-corrected chi connectivity index (χ2v) is 2.85. The van der Waals surface area contributed by atoms with E-state index in [0.717, 1.165) is 12.3 Å². The van der Waals surface area contributed by atoms with Crippen molar-refractivity contribution < 1.29 is 5.11 Å². The zero-order chi connectivity index (χ0) is 5.56. The first-order valence-corrected chi connectivity index (χ1v) is 3.22. The first kappa shape index (κ1) is 4.57. The van der Waals surface area contributed by atoms with Crippen LogP contribution in [0.25, 0.3) is 0 Å². The minimum Gasteiger partial charge on any atom is -0.392 e. The summed E-state index contributed by atoms with van der Waals surface area (Å²) in [6, 6.07) is 0. The second-order valence-electron chi connectivity index (χ2n) is 2.85. The third-order valence-corrected chi connectivity index (χ3v) is 2.24. The molecule has 2 bridgehead atoms. The molecule has 0 radical (unpaired) electrons. The summed E-state index contributed by atoms with van der Waals surface area (Å²) in [5, 5.41) is 9.17. The van der Waals surface area contributed by atoms with Crippen molar-refractivity contribution in [3.63, 3.8) is 0 Å². The predicted molar refractivity (Wildman–Crippen MR) is 31.4 cm³/mol. The van der Waals surface area contributed by atoms with Crippen LogP contribution in [0.4, 0.5) is 0 Å². The quantitative estimate of drug-likeness (QED) is 0.460. The molecule has 1 N–H and O–H groups in total. The Morgan fingerprint density at radius 1 is 1.25 bits per heavy atom. The van der Waals surface area contributed by atoms with Gasteiger partial charge in [-0.2, -0.15) is 0 Å². The minimum absolute atomic E-state index is 0.00926. The minimum atomic E-state index is -0.00926. The maximum atomic E-state index is 9.17. The molecule has 8 heavy (non-hydrogen) atoms. The number of aliphatic hydroxyl groups excluding tert-OH is 1. The Morgan fingerprint density at radius 3 is 2.38 bits per heavy atom. The third-order valence-electron chi connectivity index (χ3n) is 2.24. The summed E-state index contributed by atoms with van der Waals surface area (Å²) >= 11 is 0. The van der Waals surface area contributed by atoms with Gasteiger partial charge in [-0.15, -0.1) is 0 Å². The van der Waals surface area contributed by atoms with Crippen LogP contribution in [0.1, 0.15) is 12.8 Å². The van der Waals surface area contributed by atoms with Crippen LogP contribution in [0.15, 0.2) is 12.2 Å². The van der Waals surface area contributed by atoms with Gasteiger partial charge in [0.25, 0.3) is 0 Å². The van der Waals surface area contributed by atoms with Gasteiger partial charge in [-0.3, -0.25) is 0 Å². The molecule has 0 aromatic carbocycles. The monoisotopic (exact) mass is 110 g/mol. The van der Waals surface area contributed by atoms with Gasteiger partial charge in [-0.05, 0) is 18.8 Å². The van der Waals surface area contributed by atoms with Crippen LogP contribution >= 0.6 is 0 Å². The first-order chi connectivity index (χ1) is 3.86. The van der Waals surface area contributed by atoms with Gasteiger partial charge >= 0.3 is 0 Å². The average molecular weight is 110 g/mol. The number of aliphatic hydroxyl groups is 1. The largest absolute Gasteiger partial charge is 0.392 e. The van der Waals surface area contributed by atoms with E-state index in [1.165, 1.54) is 6.42 Å². The lowest BCUT2D eigenvalue weighted by Crippen LogP contribution is -2.11. The van der Waals surface area contributed by atoms with Crippen LogP contribution in [0.5, 0.6) is 0 Å². The zero-order valence-electron chi connectivity index (χ0n) is 4.75. The van der Waals surface area contributed by atoms with Crippen LogP contribution in [0, 0.1) is 11.8 Å². The molecule has 1 fully saturated rings. The van der Waals surface area contributed by atoms with Crippen LogP contribution in [-0.2, 0) is 0 Å². The van der Waals surface area contributed by atoms with Crippen molar-refractivity contribution in [3.8, 4) is 0 Å². The van der Waals surface area contributed by atoms with Gasteiger partial charge in [0.1, 0.15) is 0 Å². The summed E-state index contributed by atoms with van der Waals surface area (Å²) in [6.07, 6.45) is 6.60. The molecule has 0 heterocycles. The predicted octanol–water partition coefficient (Wildman–Crippen LogP) is 0.943. The van der Waals surface area contributed by atoms with Gasteiger partial charge in [0, 0.05) is 5.92 Å². The van der Waals surface area contributed by atoms with E-state index in [9.17, 15) is 0 Å². The molecule has 2 aliphatic rings. The molecule has 1 saturated carbocycles. The Hall–Kier alpha value is -0.300. The molecule has 2 rings (SSSR count). The van der Waals surface area contributed by atoms with E-state index >= 15 is 0 Å². The van der Waals surface area contributed by atoms with Crippen molar-refractivity contribution in [1.29, 1.82) is 0 Å². The Kier molecular flexibility index (Phi) is 0.770. The molecule has 44 valence electrons. The summed E-state index contributed by atoms with van der Waals surface area (Å²) in [4.78, 5) is 0. The summed E-state index contributed by atoms with van der Waals surface area (Å²) in [7, 11) is 0. The topological polar surface area (TPSA) is 20.2 Å². The number of hydrogen-bond acceptors (Lipinski definition) is 1. The fourth-order valence-corrected chi connectivity index (χ4v) is 1.75. The van der Waals surface area contributed by atoms with Crippen molar-refractivity contribution in [1.82, 2.24) is 0 Å². The summed E-state index contributed by atoms with van der Waals surface area (Å²) in [6.45, 7) is 0. The lowest BCUT2D eigenvalue weighted by molar-refractivity contribution is 0.148. The van der Waals surface area contributed by atoms with Gasteiger partial charge < -0.3 is 5.11 Å². The Balaban J connectivity index is 2.23. The fraction of sp³-hybridized carbons (Fsp3) is 0.714. The van der Waals surface area contributed by atoms with Crippen molar-refractivity contribution in [2.75, 3.05) is 0 Å². The Bertz CT molecular complexity index is 128. The van der Waals surface area contributed by atoms with Crippen LogP contribution in [0.3, 0.4) is 0 Å². The van der Waals surface area contributed by atoms with E-state index in [1.54, 1.807) is 0 Å². The SMILES string of the molecule is OC1C[C@@H]2C=C[C@H]1C2. The van der Waals surface area contributed by atoms with Crippen molar-refractivity contribution in [2.45, 2.75) is 18.9 Å². The third kappa shape index (κ3) is 0.451. The van der Waals surface area contributed by atoms with E-state index in [-0.39, 0.29) is 6.10 Å². The van der Waals surface area contributed by atoms with Crippen molar-refractivity contribution in [3.05, 3.63) is 12.2 Å². The molecule has 0 aliphatic heterocycles. The number of allylic oxidation sites excluding steroid dienone is 1. The maximum Gasteiger partial charge on any atom is 0.0608 e. The molecule has 1 unspecified atom stereocenters. The normalized spacial score (nSPS) is 50.9. The number of fused-ring (bicyclic) bond motifs is 2. The van der Waals surface area contributed by atoms with Crippen LogP contribution in [0.2, 0.25) is 0 Å². The van der Waals surface area contributed by atoms with Gasteiger partial charge in [0.2, 0.25) is 0 Å². The second kappa shape index (κ2) is 1.35. The highest BCUT2D eigenvalue weighted by Gasteiger charge is 2.33. The van der Waals surface area contributed by atoms with Crippen LogP contribution < -0.4 is 0 Å². The lowest BCUT2D eigenvalue weighted by atomic mass is 10.1. The van der Waals surface area contributed by atoms with Gasteiger partial charge in [0.05, 0.1) is 6.10 Å². The standard InChI is InChI=1S/C7H10O/c8-7-4-5-1-2-6(7)3-5/h1-2,5-8H,3-4H2/t5-,6+,7?/m1/s1. The lowest BCUT2D eigenvalue weighted by Gasteiger charge is -2.08. The van der Waals surface area contributed by atoms with Gasteiger partial charge in [0.15, 0.2) is 0 Å². The molecule has 0 saturated heterocycles. The molecule has 0 spiro atoms. The summed E-state index contributed by atoms with van der Waals surface area (Å²) in [5.74, 6) is 1.23.